The molecule has 0 aliphatic carbocycles. The lowest BCUT2D eigenvalue weighted by atomic mass is 10.2. The topological polar surface area (TPSA) is 44.5 Å². The fourth-order valence-electron chi connectivity index (χ4n) is 2.05. The lowest BCUT2D eigenvalue weighted by Gasteiger charge is -2.21. The van der Waals surface area contributed by atoms with E-state index < -0.39 is 8.32 Å². The molecule has 0 aliphatic heterocycles. The summed E-state index contributed by atoms with van der Waals surface area (Å²) in [5, 5.41) is 3.93. The molecule has 1 aromatic heterocycles. The molecule has 0 saturated carbocycles. The summed E-state index contributed by atoms with van der Waals surface area (Å²) in [5.74, 6) is 2.26. The first-order valence-electron chi connectivity index (χ1n) is 7.29. The fraction of sp³-hybridized carbons (Fsp3) is 0.353. The van der Waals surface area contributed by atoms with E-state index in [0.29, 0.717) is 12.4 Å². The van der Waals surface area contributed by atoms with Gasteiger partial charge in [-0.15, -0.1) is 0 Å². The number of ether oxygens (including phenoxy) is 1. The third-order valence-corrected chi connectivity index (χ3v) is 4.01. The smallest absolute Gasteiger partial charge is 0.242 e. The van der Waals surface area contributed by atoms with Gasteiger partial charge in [0.2, 0.25) is 8.32 Å². The summed E-state index contributed by atoms with van der Waals surface area (Å²) < 4.78 is 16.9. The zero-order valence-corrected chi connectivity index (χ0v) is 14.9. The Morgan fingerprint density at radius 1 is 1.27 bits per heavy atom. The van der Waals surface area contributed by atoms with E-state index in [4.69, 9.17) is 13.7 Å². The van der Waals surface area contributed by atoms with Gasteiger partial charge in [0.05, 0.1) is 11.3 Å². The van der Waals surface area contributed by atoms with Gasteiger partial charge in [-0.25, -0.2) is 0 Å². The van der Waals surface area contributed by atoms with Crippen molar-refractivity contribution in [2.24, 2.45) is 0 Å². The van der Waals surface area contributed by atoms with Crippen LogP contribution in [0.15, 0.2) is 35.4 Å². The average molecular weight is 317 g/mol. The predicted octanol–water partition coefficient (Wildman–Crippen LogP) is 4.69. The molecule has 2 rings (SSSR count). The number of aromatic nitrogens is 1. The third kappa shape index (κ3) is 4.24. The second-order valence-corrected chi connectivity index (χ2v) is 10.7. The van der Waals surface area contributed by atoms with E-state index in [1.54, 1.807) is 0 Å². The van der Waals surface area contributed by atoms with Crippen LogP contribution >= 0.6 is 0 Å². The first kappa shape index (κ1) is 16.4. The van der Waals surface area contributed by atoms with Crippen LogP contribution in [0.3, 0.4) is 0 Å². The van der Waals surface area contributed by atoms with Crippen molar-refractivity contribution in [2.75, 3.05) is 0 Å². The molecule has 0 unspecified atom stereocenters. The fourth-order valence-corrected chi connectivity index (χ4v) is 2.91. The van der Waals surface area contributed by atoms with Crippen molar-refractivity contribution in [3.05, 3.63) is 53.4 Å². The third-order valence-electron chi connectivity index (χ3n) is 3.15. The number of nitrogens with zero attached hydrogens (tertiary/aromatic N) is 1. The number of rotatable bonds is 6. The molecule has 22 heavy (non-hydrogen) atoms. The Morgan fingerprint density at radius 3 is 2.59 bits per heavy atom. The molecule has 2 aromatic rings. The summed E-state index contributed by atoms with van der Waals surface area (Å²) in [6.07, 6.45) is 0. The summed E-state index contributed by atoms with van der Waals surface area (Å²) in [5.41, 5.74) is 2.79. The van der Waals surface area contributed by atoms with Gasteiger partial charge in [0, 0.05) is 5.56 Å². The minimum atomic E-state index is -1.66. The quantitative estimate of drug-likeness (QED) is 0.572. The van der Waals surface area contributed by atoms with Crippen molar-refractivity contribution in [1.29, 1.82) is 0 Å². The molecular weight excluding hydrogens is 294 g/mol. The highest BCUT2D eigenvalue weighted by Crippen LogP contribution is 2.24. The van der Waals surface area contributed by atoms with Crippen LogP contribution < -0.4 is 4.74 Å². The van der Waals surface area contributed by atoms with Gasteiger partial charge < -0.3 is 13.7 Å². The summed E-state index contributed by atoms with van der Waals surface area (Å²) >= 11 is 0. The molecule has 0 atom stereocenters. The van der Waals surface area contributed by atoms with Gasteiger partial charge in [-0.3, -0.25) is 0 Å². The molecule has 0 radical (unpaired) electrons. The van der Waals surface area contributed by atoms with Gasteiger partial charge in [-0.1, -0.05) is 23.9 Å². The second kappa shape index (κ2) is 6.40. The first-order valence-corrected chi connectivity index (χ1v) is 10.7. The maximum atomic E-state index is 5.93. The SMILES string of the molecule is C=C(O[Si](C)(C)C)c1cccc(OCc2c(C)noc2C)c1. The molecule has 118 valence electrons. The largest absolute Gasteiger partial charge is 0.544 e. The number of aryl methyl sites for hydroxylation is 2. The average Bonchev–Trinajstić information content (AvgIpc) is 2.74. The van der Waals surface area contributed by atoms with E-state index in [1.807, 2.05) is 38.1 Å². The van der Waals surface area contributed by atoms with Crippen LogP contribution in [-0.4, -0.2) is 13.5 Å². The highest BCUT2D eigenvalue weighted by molar-refractivity contribution is 6.70. The molecule has 5 heteroatoms. The minimum absolute atomic E-state index is 0.436. The maximum absolute atomic E-state index is 5.93. The van der Waals surface area contributed by atoms with Crippen molar-refractivity contribution < 1.29 is 13.7 Å². The van der Waals surface area contributed by atoms with Crippen LogP contribution in [0.25, 0.3) is 5.76 Å². The molecule has 1 heterocycles. The van der Waals surface area contributed by atoms with Crippen LogP contribution in [0.1, 0.15) is 22.6 Å². The Hall–Kier alpha value is -2.01. The lowest BCUT2D eigenvalue weighted by molar-refractivity contribution is 0.301. The molecule has 0 amide bonds. The Balaban J connectivity index is 2.07. The van der Waals surface area contributed by atoms with Gasteiger partial charge in [0.25, 0.3) is 0 Å². The summed E-state index contributed by atoms with van der Waals surface area (Å²) in [6.45, 7) is 14.7. The Kier molecular flexibility index (Phi) is 4.76. The molecule has 0 fully saturated rings. The summed E-state index contributed by atoms with van der Waals surface area (Å²) in [7, 11) is -1.66. The molecular formula is C17H23NO3Si. The van der Waals surface area contributed by atoms with Crippen molar-refractivity contribution >= 4 is 14.1 Å². The second-order valence-electron chi connectivity index (χ2n) is 6.26. The molecule has 0 bridgehead atoms. The number of hydrogen-bond donors (Lipinski definition) is 0. The highest BCUT2D eigenvalue weighted by atomic mass is 28.4. The van der Waals surface area contributed by atoms with Gasteiger partial charge in [-0.05, 0) is 45.6 Å². The van der Waals surface area contributed by atoms with E-state index in [-0.39, 0.29) is 0 Å². The Labute approximate surface area is 132 Å². The molecule has 0 N–H and O–H groups in total. The summed E-state index contributed by atoms with van der Waals surface area (Å²) in [6, 6.07) is 7.78. The van der Waals surface area contributed by atoms with Gasteiger partial charge in [0.15, 0.2) is 0 Å². The van der Waals surface area contributed by atoms with Crippen molar-refractivity contribution in [1.82, 2.24) is 5.16 Å². The van der Waals surface area contributed by atoms with Crippen LogP contribution in [0.4, 0.5) is 0 Å². The van der Waals surface area contributed by atoms with Crippen LogP contribution in [0.2, 0.25) is 19.6 Å². The van der Waals surface area contributed by atoms with E-state index in [2.05, 4.69) is 31.4 Å². The van der Waals surface area contributed by atoms with Crippen LogP contribution in [0, 0.1) is 13.8 Å². The van der Waals surface area contributed by atoms with Crippen LogP contribution in [0.5, 0.6) is 5.75 Å². The number of hydrogen-bond acceptors (Lipinski definition) is 4. The standard InChI is InChI=1S/C17H23NO3Si/c1-12-17(14(3)20-18-12)11-19-16-9-7-8-15(10-16)13(2)21-22(4,5)6/h7-10H,2,11H2,1,3-6H3. The summed E-state index contributed by atoms with van der Waals surface area (Å²) in [4.78, 5) is 0. The van der Waals surface area contributed by atoms with E-state index in [1.165, 1.54) is 0 Å². The Bertz CT molecular complexity index is 651. The first-order chi connectivity index (χ1) is 10.3. The van der Waals surface area contributed by atoms with Gasteiger partial charge in [0.1, 0.15) is 23.9 Å². The van der Waals surface area contributed by atoms with Crippen molar-refractivity contribution in [3.8, 4) is 5.75 Å². The predicted molar refractivity (Wildman–Crippen MR) is 90.2 cm³/mol. The lowest BCUT2D eigenvalue weighted by Crippen LogP contribution is -2.24. The van der Waals surface area contributed by atoms with E-state index in [9.17, 15) is 0 Å². The monoisotopic (exact) mass is 317 g/mol. The molecule has 4 nitrogen and oxygen atoms in total. The van der Waals surface area contributed by atoms with Crippen molar-refractivity contribution in [2.45, 2.75) is 40.1 Å². The molecule has 0 spiro atoms. The maximum Gasteiger partial charge on any atom is 0.242 e. The van der Waals surface area contributed by atoms with Crippen molar-refractivity contribution in [3.63, 3.8) is 0 Å². The molecule has 0 saturated heterocycles. The van der Waals surface area contributed by atoms with Crippen LogP contribution in [-0.2, 0) is 11.0 Å². The van der Waals surface area contributed by atoms with E-state index >= 15 is 0 Å². The molecule has 1 aromatic carbocycles. The van der Waals surface area contributed by atoms with Gasteiger partial charge >= 0.3 is 0 Å². The normalized spacial score (nSPS) is 11.3. The van der Waals surface area contributed by atoms with E-state index in [0.717, 1.165) is 28.3 Å². The molecule has 0 aliphatic rings. The number of benzene rings is 1. The Morgan fingerprint density at radius 2 is 2.00 bits per heavy atom. The minimum Gasteiger partial charge on any atom is -0.544 e. The highest BCUT2D eigenvalue weighted by Gasteiger charge is 2.18. The zero-order chi connectivity index (χ0) is 16.3. The van der Waals surface area contributed by atoms with Gasteiger partial charge in [-0.2, -0.15) is 0 Å². The zero-order valence-electron chi connectivity index (χ0n) is 13.9.